The van der Waals surface area contributed by atoms with Crippen molar-refractivity contribution in [1.82, 2.24) is 0 Å². The minimum Gasteiger partial charge on any atom is -0.493 e. The number of aliphatic carboxylic acids is 1. The van der Waals surface area contributed by atoms with Gasteiger partial charge in [-0.15, -0.1) is 0 Å². The minimum absolute atomic E-state index is 0.114. The molecule has 0 unspecified atom stereocenters. The summed E-state index contributed by atoms with van der Waals surface area (Å²) in [6, 6.07) is 3.84. The molecule has 1 aromatic carbocycles. The highest BCUT2D eigenvalue weighted by Crippen LogP contribution is 2.55. The molecule has 5 heteroatoms. The SMILES string of the molecule is COCc1cc(OC)c(OC)c(C2(CC(=O)O)CC2)c1. The molecule has 1 saturated carbocycles. The smallest absolute Gasteiger partial charge is 0.304 e. The van der Waals surface area contributed by atoms with Gasteiger partial charge in [0.2, 0.25) is 0 Å². The van der Waals surface area contributed by atoms with Crippen LogP contribution in [0, 0.1) is 0 Å². The molecule has 1 aromatic rings. The summed E-state index contributed by atoms with van der Waals surface area (Å²) in [6.45, 7) is 0.455. The molecule has 0 bridgehead atoms. The molecule has 0 amide bonds. The van der Waals surface area contributed by atoms with Gasteiger partial charge < -0.3 is 19.3 Å². The summed E-state index contributed by atoms with van der Waals surface area (Å²) < 4.78 is 16.0. The predicted molar refractivity (Wildman–Crippen MR) is 73.4 cm³/mol. The van der Waals surface area contributed by atoms with Crippen molar-refractivity contribution in [2.75, 3.05) is 21.3 Å². The van der Waals surface area contributed by atoms with Crippen molar-refractivity contribution in [1.29, 1.82) is 0 Å². The van der Waals surface area contributed by atoms with E-state index in [-0.39, 0.29) is 11.8 Å². The number of carbonyl (C=O) groups is 1. The maximum atomic E-state index is 11.1. The highest BCUT2D eigenvalue weighted by molar-refractivity contribution is 5.71. The van der Waals surface area contributed by atoms with Crippen LogP contribution in [0.15, 0.2) is 12.1 Å². The molecule has 1 fully saturated rings. The Labute approximate surface area is 118 Å². The van der Waals surface area contributed by atoms with Gasteiger partial charge in [-0.25, -0.2) is 0 Å². The molecule has 1 aliphatic carbocycles. The number of rotatable bonds is 7. The van der Waals surface area contributed by atoms with Crippen molar-refractivity contribution in [2.45, 2.75) is 31.3 Å². The Morgan fingerprint density at radius 1 is 1.25 bits per heavy atom. The van der Waals surface area contributed by atoms with Crippen molar-refractivity contribution in [3.8, 4) is 11.5 Å². The van der Waals surface area contributed by atoms with Crippen LogP contribution in [0.2, 0.25) is 0 Å². The maximum absolute atomic E-state index is 11.1. The summed E-state index contributed by atoms with van der Waals surface area (Å²) >= 11 is 0. The van der Waals surface area contributed by atoms with E-state index in [4.69, 9.17) is 19.3 Å². The first-order valence-electron chi connectivity index (χ1n) is 6.52. The highest BCUT2D eigenvalue weighted by Gasteiger charge is 2.48. The van der Waals surface area contributed by atoms with Crippen molar-refractivity contribution >= 4 is 5.97 Å². The number of benzene rings is 1. The Balaban J connectivity index is 2.49. The standard InChI is InChI=1S/C15H20O5/c1-18-9-10-6-11(14(20-3)12(7-10)19-2)15(4-5-15)8-13(16)17/h6-7H,4-5,8-9H2,1-3H3,(H,16,17). The van der Waals surface area contributed by atoms with Crippen LogP contribution in [0.5, 0.6) is 11.5 Å². The summed E-state index contributed by atoms with van der Waals surface area (Å²) in [5.41, 5.74) is 1.54. The fraction of sp³-hybridized carbons (Fsp3) is 0.533. The highest BCUT2D eigenvalue weighted by atomic mass is 16.5. The third-order valence-corrected chi connectivity index (χ3v) is 3.76. The second-order valence-electron chi connectivity index (χ2n) is 5.16. The number of methoxy groups -OCH3 is 3. The molecule has 0 heterocycles. The topological polar surface area (TPSA) is 65.0 Å². The molecule has 0 spiro atoms. The van der Waals surface area contributed by atoms with Gasteiger partial charge in [0.25, 0.3) is 0 Å². The zero-order valence-electron chi connectivity index (χ0n) is 12.1. The zero-order valence-corrected chi connectivity index (χ0v) is 12.1. The Hall–Kier alpha value is -1.75. The largest absolute Gasteiger partial charge is 0.493 e. The molecule has 1 N–H and O–H groups in total. The van der Waals surface area contributed by atoms with Crippen LogP contribution in [0.4, 0.5) is 0 Å². The summed E-state index contributed by atoms with van der Waals surface area (Å²) in [6.07, 6.45) is 1.83. The lowest BCUT2D eigenvalue weighted by atomic mass is 9.90. The van der Waals surface area contributed by atoms with Gasteiger partial charge in [0, 0.05) is 18.1 Å². The molecule has 20 heavy (non-hydrogen) atoms. The van der Waals surface area contributed by atoms with Crippen molar-refractivity contribution in [3.63, 3.8) is 0 Å². The van der Waals surface area contributed by atoms with Crippen LogP contribution >= 0.6 is 0 Å². The summed E-state index contributed by atoms with van der Waals surface area (Å²) in [7, 11) is 4.78. The molecule has 0 aromatic heterocycles. The Morgan fingerprint density at radius 2 is 1.95 bits per heavy atom. The number of hydrogen-bond donors (Lipinski definition) is 1. The van der Waals surface area contributed by atoms with Crippen LogP contribution in [-0.2, 0) is 21.6 Å². The van der Waals surface area contributed by atoms with E-state index in [0.717, 1.165) is 24.0 Å². The van der Waals surface area contributed by atoms with Gasteiger partial charge in [-0.1, -0.05) is 0 Å². The zero-order chi connectivity index (χ0) is 14.8. The fourth-order valence-corrected chi connectivity index (χ4v) is 2.65. The van der Waals surface area contributed by atoms with E-state index >= 15 is 0 Å². The van der Waals surface area contributed by atoms with Gasteiger partial charge >= 0.3 is 5.97 Å². The van der Waals surface area contributed by atoms with Crippen LogP contribution in [0.1, 0.15) is 30.4 Å². The van der Waals surface area contributed by atoms with Crippen LogP contribution < -0.4 is 9.47 Å². The van der Waals surface area contributed by atoms with E-state index in [1.165, 1.54) is 0 Å². The van der Waals surface area contributed by atoms with E-state index < -0.39 is 5.97 Å². The third kappa shape index (κ3) is 2.72. The van der Waals surface area contributed by atoms with Crippen molar-refractivity contribution < 1.29 is 24.1 Å². The first-order chi connectivity index (χ1) is 9.56. The lowest BCUT2D eigenvalue weighted by Gasteiger charge is -2.20. The van der Waals surface area contributed by atoms with E-state index in [9.17, 15) is 4.79 Å². The lowest BCUT2D eigenvalue weighted by molar-refractivity contribution is -0.137. The van der Waals surface area contributed by atoms with E-state index in [0.29, 0.717) is 18.1 Å². The number of hydrogen-bond acceptors (Lipinski definition) is 4. The van der Waals surface area contributed by atoms with Crippen molar-refractivity contribution in [3.05, 3.63) is 23.3 Å². The van der Waals surface area contributed by atoms with Crippen LogP contribution in [0.25, 0.3) is 0 Å². The second kappa shape index (κ2) is 5.71. The molecule has 5 nitrogen and oxygen atoms in total. The first kappa shape index (κ1) is 14.7. The normalized spacial score (nSPS) is 15.8. The quantitative estimate of drug-likeness (QED) is 0.830. The van der Waals surface area contributed by atoms with E-state index in [1.807, 2.05) is 12.1 Å². The monoisotopic (exact) mass is 280 g/mol. The van der Waals surface area contributed by atoms with Gasteiger partial charge in [-0.05, 0) is 30.5 Å². The maximum Gasteiger partial charge on any atom is 0.304 e. The van der Waals surface area contributed by atoms with Gasteiger partial charge in [-0.3, -0.25) is 4.79 Å². The molecule has 0 saturated heterocycles. The average Bonchev–Trinajstić information content (AvgIpc) is 3.18. The molecular formula is C15H20O5. The van der Waals surface area contributed by atoms with E-state index in [2.05, 4.69) is 0 Å². The number of ether oxygens (including phenoxy) is 3. The van der Waals surface area contributed by atoms with Gasteiger partial charge in [0.1, 0.15) is 0 Å². The van der Waals surface area contributed by atoms with Gasteiger partial charge in [0.15, 0.2) is 11.5 Å². The molecule has 0 aliphatic heterocycles. The van der Waals surface area contributed by atoms with Gasteiger partial charge in [-0.2, -0.15) is 0 Å². The molecular weight excluding hydrogens is 260 g/mol. The molecule has 1 aliphatic rings. The molecule has 0 radical (unpaired) electrons. The van der Waals surface area contributed by atoms with Gasteiger partial charge in [0.05, 0.1) is 27.2 Å². The number of carboxylic acid groups (broad SMARTS) is 1. The molecule has 110 valence electrons. The Kier molecular flexibility index (Phi) is 4.18. The Bertz CT molecular complexity index is 505. The summed E-state index contributed by atoms with van der Waals surface area (Å²) in [5.74, 6) is 0.459. The number of carboxylic acids is 1. The summed E-state index contributed by atoms with van der Waals surface area (Å²) in [5, 5.41) is 9.12. The molecule has 2 rings (SSSR count). The third-order valence-electron chi connectivity index (χ3n) is 3.76. The fourth-order valence-electron chi connectivity index (χ4n) is 2.65. The van der Waals surface area contributed by atoms with Crippen LogP contribution in [-0.4, -0.2) is 32.4 Å². The average molecular weight is 280 g/mol. The second-order valence-corrected chi connectivity index (χ2v) is 5.16. The minimum atomic E-state index is -0.791. The summed E-state index contributed by atoms with van der Waals surface area (Å²) in [4.78, 5) is 11.1. The first-order valence-corrected chi connectivity index (χ1v) is 6.52. The van der Waals surface area contributed by atoms with Crippen LogP contribution in [0.3, 0.4) is 0 Å². The predicted octanol–water partition coefficient (Wildman–Crippen LogP) is 2.36. The lowest BCUT2D eigenvalue weighted by Crippen LogP contribution is -2.15. The molecule has 0 atom stereocenters. The van der Waals surface area contributed by atoms with E-state index in [1.54, 1.807) is 21.3 Å². The Morgan fingerprint density at radius 3 is 2.40 bits per heavy atom. The van der Waals surface area contributed by atoms with Crippen molar-refractivity contribution in [2.24, 2.45) is 0 Å².